The van der Waals surface area contributed by atoms with Crippen LogP contribution in [-0.2, 0) is 22.7 Å². The minimum absolute atomic E-state index is 0.110. The molecule has 0 aliphatic carbocycles. The molecule has 1 aromatic heterocycles. The second-order valence-corrected chi connectivity index (χ2v) is 7.32. The van der Waals surface area contributed by atoms with Crippen molar-refractivity contribution in [2.24, 2.45) is 0 Å². The predicted octanol–water partition coefficient (Wildman–Crippen LogP) is 4.23. The molecule has 0 radical (unpaired) electrons. The molecule has 0 N–H and O–H groups in total. The molecule has 0 aliphatic heterocycles. The van der Waals surface area contributed by atoms with Crippen LogP contribution in [0.1, 0.15) is 49.4 Å². The van der Waals surface area contributed by atoms with E-state index < -0.39 is 0 Å². The van der Waals surface area contributed by atoms with E-state index in [0.717, 1.165) is 16.5 Å². The Hall–Kier alpha value is -1.92. The van der Waals surface area contributed by atoms with Crippen molar-refractivity contribution in [2.75, 3.05) is 20.3 Å². The first-order valence-corrected chi connectivity index (χ1v) is 9.84. The first kappa shape index (κ1) is 20.4. The molecule has 142 valence electrons. The summed E-state index contributed by atoms with van der Waals surface area (Å²) in [7, 11) is 1.64. The number of carbonyl (C=O) groups is 1. The number of thiazole rings is 1. The summed E-state index contributed by atoms with van der Waals surface area (Å²) in [4.78, 5) is 18.5. The molecule has 0 aliphatic rings. The van der Waals surface area contributed by atoms with Crippen molar-refractivity contribution < 1.29 is 14.3 Å². The highest BCUT2D eigenvalue weighted by Gasteiger charge is 2.14. The van der Waals surface area contributed by atoms with Crippen molar-refractivity contribution in [1.82, 2.24) is 9.88 Å². The predicted molar refractivity (Wildman–Crippen MR) is 105 cm³/mol. The Labute approximate surface area is 160 Å². The zero-order chi connectivity index (χ0) is 18.9. The summed E-state index contributed by atoms with van der Waals surface area (Å²) in [6.45, 7) is 8.23. The number of benzene rings is 1. The van der Waals surface area contributed by atoms with Gasteiger partial charge >= 0.3 is 0 Å². The third kappa shape index (κ3) is 5.81. The maximum Gasteiger partial charge on any atom is 0.222 e. The molecule has 0 saturated heterocycles. The van der Waals surface area contributed by atoms with Crippen molar-refractivity contribution in [3.05, 3.63) is 45.9 Å². The van der Waals surface area contributed by atoms with E-state index in [1.165, 1.54) is 5.56 Å². The number of nitrogens with zero attached hydrogens (tertiary/aromatic N) is 2. The Morgan fingerprint density at radius 1 is 1.31 bits per heavy atom. The number of ether oxygens (including phenoxy) is 2. The molecule has 0 spiro atoms. The number of carbonyl (C=O) groups excluding carboxylic acids is 1. The maximum absolute atomic E-state index is 12.1. The van der Waals surface area contributed by atoms with Gasteiger partial charge in [0, 0.05) is 25.5 Å². The average molecular weight is 377 g/mol. The Balaban J connectivity index is 1.98. The number of para-hydroxylation sites is 1. The van der Waals surface area contributed by atoms with Gasteiger partial charge in [0.25, 0.3) is 0 Å². The summed E-state index contributed by atoms with van der Waals surface area (Å²) in [6, 6.07) is 8.11. The Kier molecular flexibility index (Phi) is 8.06. The molecule has 0 bridgehead atoms. The van der Waals surface area contributed by atoms with Crippen LogP contribution in [0.2, 0.25) is 0 Å². The van der Waals surface area contributed by atoms with Gasteiger partial charge in [0.1, 0.15) is 17.4 Å². The zero-order valence-corrected chi connectivity index (χ0v) is 16.8. The van der Waals surface area contributed by atoms with Crippen LogP contribution in [0.5, 0.6) is 5.75 Å². The second kappa shape index (κ2) is 10.3. The van der Waals surface area contributed by atoms with E-state index in [1.807, 2.05) is 30.5 Å². The van der Waals surface area contributed by atoms with Crippen molar-refractivity contribution in [2.45, 2.75) is 46.3 Å². The van der Waals surface area contributed by atoms with Gasteiger partial charge in [0.05, 0.1) is 18.8 Å². The molecule has 1 aromatic carbocycles. The van der Waals surface area contributed by atoms with E-state index >= 15 is 0 Å². The van der Waals surface area contributed by atoms with Crippen molar-refractivity contribution in [1.29, 1.82) is 0 Å². The van der Waals surface area contributed by atoms with Crippen LogP contribution in [0.25, 0.3) is 0 Å². The number of aromatic nitrogens is 1. The molecular weight excluding hydrogens is 348 g/mol. The molecule has 0 saturated carbocycles. The Morgan fingerprint density at radius 3 is 2.77 bits per heavy atom. The first-order chi connectivity index (χ1) is 12.5. The van der Waals surface area contributed by atoms with E-state index in [4.69, 9.17) is 9.47 Å². The van der Waals surface area contributed by atoms with Crippen LogP contribution in [0.3, 0.4) is 0 Å². The van der Waals surface area contributed by atoms with E-state index in [9.17, 15) is 4.79 Å². The van der Waals surface area contributed by atoms with Gasteiger partial charge < -0.3 is 14.4 Å². The number of methoxy groups -OCH3 is 1. The van der Waals surface area contributed by atoms with Gasteiger partial charge in [-0.3, -0.25) is 4.79 Å². The molecule has 2 rings (SSSR count). The summed E-state index contributed by atoms with van der Waals surface area (Å²) in [5, 5.41) is 2.91. The lowest BCUT2D eigenvalue weighted by molar-refractivity contribution is -0.132. The molecule has 5 nitrogen and oxygen atoms in total. The van der Waals surface area contributed by atoms with Gasteiger partial charge in [-0.2, -0.15) is 0 Å². The average Bonchev–Trinajstić information content (AvgIpc) is 3.10. The monoisotopic (exact) mass is 376 g/mol. The summed E-state index contributed by atoms with van der Waals surface area (Å²) in [6.07, 6.45) is 0.482. The minimum atomic E-state index is 0.110. The molecular formula is C20H28N2O3S. The molecule has 1 heterocycles. The smallest absolute Gasteiger partial charge is 0.222 e. The highest BCUT2D eigenvalue weighted by Crippen LogP contribution is 2.27. The largest absolute Gasteiger partial charge is 0.486 e. The topological polar surface area (TPSA) is 51.7 Å². The third-order valence-corrected chi connectivity index (χ3v) is 4.94. The van der Waals surface area contributed by atoms with Gasteiger partial charge in [0.15, 0.2) is 0 Å². The number of rotatable bonds is 10. The van der Waals surface area contributed by atoms with Gasteiger partial charge in [-0.25, -0.2) is 4.98 Å². The normalized spacial score (nSPS) is 11.0. The lowest BCUT2D eigenvalue weighted by Gasteiger charge is -2.20. The second-order valence-electron chi connectivity index (χ2n) is 6.38. The molecule has 6 heteroatoms. The zero-order valence-electron chi connectivity index (χ0n) is 16.0. The number of hydrogen-bond donors (Lipinski definition) is 0. The van der Waals surface area contributed by atoms with E-state index in [1.54, 1.807) is 23.3 Å². The van der Waals surface area contributed by atoms with Crippen LogP contribution in [0.4, 0.5) is 0 Å². The highest BCUT2D eigenvalue weighted by atomic mass is 32.1. The lowest BCUT2D eigenvalue weighted by atomic mass is 10.0. The SMILES string of the molecule is CCC(=O)N(CCOC)Cc1csc(COc2ccccc2C(C)C)n1. The highest BCUT2D eigenvalue weighted by molar-refractivity contribution is 7.09. The molecule has 2 aromatic rings. The van der Waals surface area contributed by atoms with Crippen LogP contribution >= 0.6 is 11.3 Å². The maximum atomic E-state index is 12.1. The summed E-state index contributed by atoms with van der Waals surface area (Å²) >= 11 is 1.56. The fraction of sp³-hybridized carbons (Fsp3) is 0.500. The van der Waals surface area contributed by atoms with Crippen molar-refractivity contribution in [3.63, 3.8) is 0 Å². The standard InChI is InChI=1S/C20H28N2O3S/c1-5-20(23)22(10-11-24-4)12-16-14-26-19(21-16)13-25-18-9-7-6-8-17(18)15(2)3/h6-9,14-15H,5,10-13H2,1-4H3. The Bertz CT molecular complexity index is 700. The first-order valence-electron chi connectivity index (χ1n) is 8.96. The van der Waals surface area contributed by atoms with Crippen LogP contribution < -0.4 is 4.74 Å². The molecule has 0 fully saturated rings. The van der Waals surface area contributed by atoms with Crippen molar-refractivity contribution >= 4 is 17.2 Å². The van der Waals surface area contributed by atoms with E-state index in [2.05, 4.69) is 24.9 Å². The summed E-state index contributed by atoms with van der Waals surface area (Å²) in [5.74, 6) is 1.42. The molecule has 1 amide bonds. The van der Waals surface area contributed by atoms with Crippen LogP contribution in [-0.4, -0.2) is 36.1 Å². The summed E-state index contributed by atoms with van der Waals surface area (Å²) < 4.78 is 11.1. The fourth-order valence-electron chi connectivity index (χ4n) is 2.63. The quantitative estimate of drug-likeness (QED) is 0.623. The number of amides is 1. The van der Waals surface area contributed by atoms with Gasteiger partial charge in [0.2, 0.25) is 5.91 Å². The summed E-state index contributed by atoms with van der Waals surface area (Å²) in [5.41, 5.74) is 2.09. The number of hydrogen-bond acceptors (Lipinski definition) is 5. The minimum Gasteiger partial charge on any atom is -0.486 e. The van der Waals surface area contributed by atoms with Gasteiger partial charge in [-0.1, -0.05) is 39.0 Å². The van der Waals surface area contributed by atoms with E-state index in [0.29, 0.717) is 38.6 Å². The van der Waals surface area contributed by atoms with Crippen molar-refractivity contribution in [3.8, 4) is 5.75 Å². The Morgan fingerprint density at radius 2 is 2.08 bits per heavy atom. The van der Waals surface area contributed by atoms with Gasteiger partial charge in [-0.05, 0) is 17.5 Å². The van der Waals surface area contributed by atoms with E-state index in [-0.39, 0.29) is 5.91 Å². The third-order valence-electron chi connectivity index (χ3n) is 4.06. The lowest BCUT2D eigenvalue weighted by Crippen LogP contribution is -2.33. The van der Waals surface area contributed by atoms with Crippen LogP contribution in [0.15, 0.2) is 29.6 Å². The molecule has 26 heavy (non-hydrogen) atoms. The molecule has 0 atom stereocenters. The fourth-order valence-corrected chi connectivity index (χ4v) is 3.33. The molecule has 0 unspecified atom stereocenters. The van der Waals surface area contributed by atoms with Gasteiger partial charge in [-0.15, -0.1) is 11.3 Å². The van der Waals surface area contributed by atoms with Crippen LogP contribution in [0, 0.1) is 0 Å².